The molecular weight excluding hydrogens is 356 g/mol. The van der Waals surface area contributed by atoms with Gasteiger partial charge >= 0.3 is 11.9 Å². The molecule has 0 aromatic heterocycles. The van der Waals surface area contributed by atoms with E-state index < -0.39 is 23.8 Å². The van der Waals surface area contributed by atoms with E-state index in [1.54, 1.807) is 4.90 Å². The van der Waals surface area contributed by atoms with Gasteiger partial charge in [-0.3, -0.25) is 14.5 Å². The van der Waals surface area contributed by atoms with Gasteiger partial charge in [-0.25, -0.2) is 0 Å². The highest BCUT2D eigenvalue weighted by molar-refractivity contribution is 5.85. The molecule has 0 bridgehead atoms. The number of carbonyl (C=O) groups is 2. The molecule has 1 saturated heterocycles. The summed E-state index contributed by atoms with van der Waals surface area (Å²) >= 11 is 0. The van der Waals surface area contributed by atoms with Gasteiger partial charge in [0.05, 0.1) is 12.1 Å². The number of esters is 1. The van der Waals surface area contributed by atoms with E-state index in [2.05, 4.69) is 0 Å². The molecule has 3 N–H and O–H groups in total. The summed E-state index contributed by atoms with van der Waals surface area (Å²) in [6.07, 6.45) is 0.380. The second-order valence-electron chi connectivity index (χ2n) is 8.41. The fourth-order valence-corrected chi connectivity index (χ4v) is 3.79. The Labute approximate surface area is 165 Å². The molecule has 3 atom stereocenters. The Balaban J connectivity index is 1.79. The van der Waals surface area contributed by atoms with Crippen LogP contribution in [0.4, 0.5) is 0 Å². The maximum atomic E-state index is 12.4. The molecule has 0 saturated carbocycles. The van der Waals surface area contributed by atoms with Crippen LogP contribution in [0.2, 0.25) is 0 Å². The highest BCUT2D eigenvalue weighted by atomic mass is 16.6. The number of fused-ring (bicyclic) bond motifs is 1. The molecule has 0 aliphatic carbocycles. The summed E-state index contributed by atoms with van der Waals surface area (Å²) in [5.74, 6) is -1.52. The van der Waals surface area contributed by atoms with Crippen molar-refractivity contribution in [3.63, 3.8) is 0 Å². The Bertz CT molecular complexity index is 874. The number of piperidine rings is 1. The van der Waals surface area contributed by atoms with Crippen molar-refractivity contribution >= 4 is 22.7 Å². The third kappa shape index (κ3) is 4.51. The number of carboxylic acid groups (broad SMARTS) is 1. The first-order valence-corrected chi connectivity index (χ1v) is 9.61. The number of rotatable bonds is 4. The number of hydrogen-bond donors (Lipinski definition) is 2. The van der Waals surface area contributed by atoms with Crippen LogP contribution in [0.25, 0.3) is 10.8 Å². The van der Waals surface area contributed by atoms with Crippen LogP contribution in [0.5, 0.6) is 0 Å². The lowest BCUT2D eigenvalue weighted by Gasteiger charge is -2.40. The molecule has 0 unspecified atom stereocenters. The van der Waals surface area contributed by atoms with Gasteiger partial charge in [-0.05, 0) is 56.0 Å². The maximum absolute atomic E-state index is 12.4. The second kappa shape index (κ2) is 7.89. The first kappa shape index (κ1) is 20.3. The van der Waals surface area contributed by atoms with Crippen LogP contribution in [0.15, 0.2) is 42.5 Å². The fraction of sp³-hybridized carbons (Fsp3) is 0.455. The molecule has 1 fully saturated rings. The van der Waals surface area contributed by atoms with Crippen LogP contribution >= 0.6 is 0 Å². The van der Waals surface area contributed by atoms with E-state index in [0.29, 0.717) is 24.9 Å². The standard InChI is InChI=1S/C22H28N2O4/c1-22(2,3)28-21(27)17-10-11-24(18(23)13-17)19(20(25)26)16-9-8-14-6-4-5-7-15(14)12-16/h4-9,12,17-19H,10-11,13,23H2,1-3H3,(H,25,26)/t17-,18-,19+/m1/s1. The molecule has 6 nitrogen and oxygen atoms in total. The van der Waals surface area contributed by atoms with E-state index in [1.807, 2.05) is 63.2 Å². The first-order valence-electron chi connectivity index (χ1n) is 9.61. The number of carbonyl (C=O) groups excluding carboxylic acids is 1. The van der Waals surface area contributed by atoms with Gasteiger partial charge in [0.1, 0.15) is 11.6 Å². The van der Waals surface area contributed by atoms with E-state index in [-0.39, 0.29) is 11.9 Å². The average Bonchev–Trinajstić information content (AvgIpc) is 2.61. The second-order valence-corrected chi connectivity index (χ2v) is 8.41. The van der Waals surface area contributed by atoms with Crippen LogP contribution in [0.3, 0.4) is 0 Å². The zero-order chi connectivity index (χ0) is 20.5. The van der Waals surface area contributed by atoms with Crippen LogP contribution in [0.1, 0.15) is 45.2 Å². The fourth-order valence-electron chi connectivity index (χ4n) is 3.79. The Morgan fingerprint density at radius 1 is 1.18 bits per heavy atom. The van der Waals surface area contributed by atoms with Crippen LogP contribution in [-0.4, -0.2) is 40.3 Å². The predicted molar refractivity (Wildman–Crippen MR) is 108 cm³/mol. The van der Waals surface area contributed by atoms with Crippen molar-refractivity contribution in [2.24, 2.45) is 11.7 Å². The Morgan fingerprint density at radius 3 is 2.46 bits per heavy atom. The minimum Gasteiger partial charge on any atom is -0.480 e. The lowest BCUT2D eigenvalue weighted by atomic mass is 9.91. The molecule has 0 radical (unpaired) electrons. The summed E-state index contributed by atoms with van der Waals surface area (Å²) in [6, 6.07) is 12.7. The molecule has 6 heteroatoms. The van der Waals surface area contributed by atoms with Crippen molar-refractivity contribution in [1.82, 2.24) is 4.90 Å². The number of hydrogen-bond acceptors (Lipinski definition) is 5. The molecular formula is C22H28N2O4. The van der Waals surface area contributed by atoms with Crippen molar-refractivity contribution in [2.75, 3.05) is 6.54 Å². The molecule has 0 spiro atoms. The molecule has 1 heterocycles. The van der Waals surface area contributed by atoms with Crippen LogP contribution in [-0.2, 0) is 14.3 Å². The normalized spacial score (nSPS) is 22.0. The summed E-state index contributed by atoms with van der Waals surface area (Å²) in [5.41, 5.74) is 6.46. The predicted octanol–water partition coefficient (Wildman–Crippen LogP) is 3.30. The molecule has 150 valence electrons. The Hall–Kier alpha value is -2.44. The van der Waals surface area contributed by atoms with Crippen molar-refractivity contribution < 1.29 is 19.4 Å². The van der Waals surface area contributed by atoms with Crippen molar-refractivity contribution in [3.8, 4) is 0 Å². The zero-order valence-corrected chi connectivity index (χ0v) is 16.6. The smallest absolute Gasteiger partial charge is 0.325 e. The largest absolute Gasteiger partial charge is 0.480 e. The molecule has 1 aliphatic heterocycles. The summed E-state index contributed by atoms with van der Waals surface area (Å²) in [4.78, 5) is 26.2. The van der Waals surface area contributed by atoms with Gasteiger partial charge in [-0.1, -0.05) is 36.4 Å². The summed E-state index contributed by atoms with van der Waals surface area (Å²) in [5, 5.41) is 12.0. The van der Waals surface area contributed by atoms with Gasteiger partial charge < -0.3 is 15.6 Å². The van der Waals surface area contributed by atoms with E-state index in [0.717, 1.165) is 10.8 Å². The molecule has 1 aliphatic rings. The zero-order valence-electron chi connectivity index (χ0n) is 16.6. The molecule has 28 heavy (non-hydrogen) atoms. The SMILES string of the molecule is CC(C)(C)OC(=O)[C@@H]1CCN([C@H](C(=O)O)c2ccc3ccccc3c2)[C@@H](N)C1. The lowest BCUT2D eigenvalue weighted by molar-refractivity contribution is -0.163. The van der Waals surface area contributed by atoms with Crippen molar-refractivity contribution in [1.29, 1.82) is 0 Å². The third-order valence-corrected chi connectivity index (χ3v) is 5.08. The maximum Gasteiger partial charge on any atom is 0.325 e. The van der Waals surface area contributed by atoms with E-state index in [9.17, 15) is 14.7 Å². The number of nitrogens with zero attached hydrogens (tertiary/aromatic N) is 1. The molecule has 2 aromatic rings. The Morgan fingerprint density at radius 2 is 1.86 bits per heavy atom. The number of carboxylic acids is 1. The highest BCUT2D eigenvalue weighted by Crippen LogP contribution is 2.32. The number of benzene rings is 2. The quantitative estimate of drug-likeness (QED) is 0.786. The highest BCUT2D eigenvalue weighted by Gasteiger charge is 2.38. The summed E-state index contributed by atoms with van der Waals surface area (Å²) < 4.78 is 5.47. The number of ether oxygens (including phenoxy) is 1. The van der Waals surface area contributed by atoms with Gasteiger partial charge in [0.25, 0.3) is 0 Å². The monoisotopic (exact) mass is 384 g/mol. The molecule has 3 rings (SSSR count). The minimum absolute atomic E-state index is 0.264. The van der Waals surface area contributed by atoms with Crippen LogP contribution < -0.4 is 5.73 Å². The van der Waals surface area contributed by atoms with Gasteiger partial charge in [0.15, 0.2) is 0 Å². The van der Waals surface area contributed by atoms with E-state index in [1.165, 1.54) is 0 Å². The summed E-state index contributed by atoms with van der Waals surface area (Å²) in [7, 11) is 0. The van der Waals surface area contributed by atoms with Crippen molar-refractivity contribution in [2.45, 2.75) is 51.4 Å². The molecule has 2 aromatic carbocycles. The van der Waals surface area contributed by atoms with Crippen LogP contribution in [0, 0.1) is 5.92 Å². The number of nitrogens with two attached hydrogens (primary N) is 1. The Kier molecular flexibility index (Phi) is 5.72. The summed E-state index contributed by atoms with van der Waals surface area (Å²) in [6.45, 7) is 5.93. The van der Waals surface area contributed by atoms with E-state index in [4.69, 9.17) is 10.5 Å². The molecule has 0 amide bonds. The first-order chi connectivity index (χ1) is 13.2. The van der Waals surface area contributed by atoms with Gasteiger partial charge in [0.2, 0.25) is 0 Å². The lowest BCUT2D eigenvalue weighted by Crippen LogP contribution is -2.52. The minimum atomic E-state index is -0.943. The topological polar surface area (TPSA) is 92.9 Å². The van der Waals surface area contributed by atoms with Gasteiger partial charge in [0, 0.05) is 6.54 Å². The number of likely N-dealkylation sites (tertiary alicyclic amines) is 1. The van der Waals surface area contributed by atoms with Crippen molar-refractivity contribution in [3.05, 3.63) is 48.0 Å². The number of aliphatic carboxylic acids is 1. The average molecular weight is 384 g/mol. The van der Waals surface area contributed by atoms with Gasteiger partial charge in [-0.2, -0.15) is 0 Å². The van der Waals surface area contributed by atoms with E-state index >= 15 is 0 Å². The van der Waals surface area contributed by atoms with Gasteiger partial charge in [-0.15, -0.1) is 0 Å². The third-order valence-electron chi connectivity index (χ3n) is 5.08.